The quantitative estimate of drug-likeness (QED) is 0.509. The van der Waals surface area contributed by atoms with Crippen molar-refractivity contribution in [1.29, 1.82) is 0 Å². The van der Waals surface area contributed by atoms with Crippen LogP contribution in [0.1, 0.15) is 45.4 Å². The van der Waals surface area contributed by atoms with Crippen LogP contribution in [0.4, 0.5) is 0 Å². The fraction of sp³-hybridized carbons (Fsp3) is 1.00. The summed E-state index contributed by atoms with van der Waals surface area (Å²) in [7, 11) is 0. The lowest BCUT2D eigenvalue weighted by molar-refractivity contribution is 0.467. The number of hydrogen-bond donors (Lipinski definition) is 1. The smallest absolute Gasteiger partial charge is 0.0249 e. The average Bonchev–Trinajstić information content (AvgIpc) is 2.69. The van der Waals surface area contributed by atoms with Crippen molar-refractivity contribution in [2.45, 2.75) is 45.4 Å². The molecule has 0 aromatic rings. The van der Waals surface area contributed by atoms with E-state index in [0.29, 0.717) is 5.92 Å². The maximum atomic E-state index is 5.75. The summed E-state index contributed by atoms with van der Waals surface area (Å²) in [6.45, 7) is 4.65. The molecule has 1 saturated carbocycles. The first-order valence-corrected chi connectivity index (χ1v) is 6.63. The van der Waals surface area contributed by atoms with Crippen molar-refractivity contribution < 1.29 is 0 Å². The second-order valence-corrected chi connectivity index (χ2v) is 5.06. The van der Waals surface area contributed by atoms with Crippen molar-refractivity contribution in [2.24, 2.45) is 11.8 Å². The summed E-state index contributed by atoms with van der Waals surface area (Å²) in [5, 5.41) is 3.56. The third kappa shape index (κ3) is 5.21. The summed E-state index contributed by atoms with van der Waals surface area (Å²) in [5.41, 5.74) is 0. The molecular formula is C12H24ClN. The van der Waals surface area contributed by atoms with E-state index in [4.69, 9.17) is 11.6 Å². The van der Waals surface area contributed by atoms with Crippen molar-refractivity contribution >= 4 is 11.6 Å². The Morgan fingerprint density at radius 1 is 1.36 bits per heavy atom. The summed E-state index contributed by atoms with van der Waals surface area (Å²) in [5.74, 6) is 2.47. The van der Waals surface area contributed by atoms with Crippen LogP contribution in [0.5, 0.6) is 0 Å². The number of halogens is 1. The molecule has 84 valence electrons. The zero-order valence-corrected chi connectivity index (χ0v) is 10.2. The minimum atomic E-state index is 0.685. The molecule has 14 heavy (non-hydrogen) atoms. The highest BCUT2D eigenvalue weighted by atomic mass is 35.5. The lowest BCUT2D eigenvalue weighted by Gasteiger charge is -2.11. The molecule has 0 radical (unpaired) electrons. The highest BCUT2D eigenvalue weighted by Gasteiger charge is 2.13. The molecule has 0 aliphatic heterocycles. The second kappa shape index (κ2) is 7.53. The molecule has 1 atom stereocenters. The van der Waals surface area contributed by atoms with Gasteiger partial charge in [-0.1, -0.05) is 19.8 Å². The van der Waals surface area contributed by atoms with Gasteiger partial charge < -0.3 is 5.32 Å². The summed E-state index contributed by atoms with van der Waals surface area (Å²) in [6.07, 6.45) is 8.35. The monoisotopic (exact) mass is 217 g/mol. The van der Waals surface area contributed by atoms with Gasteiger partial charge in [-0.3, -0.25) is 0 Å². The zero-order valence-electron chi connectivity index (χ0n) is 9.40. The minimum Gasteiger partial charge on any atom is -0.316 e. The number of nitrogens with one attached hydrogen (secondary N) is 1. The number of alkyl halides is 1. The van der Waals surface area contributed by atoms with E-state index in [-0.39, 0.29) is 0 Å². The van der Waals surface area contributed by atoms with Crippen molar-refractivity contribution in [1.82, 2.24) is 5.32 Å². The van der Waals surface area contributed by atoms with Crippen LogP contribution < -0.4 is 5.32 Å². The molecule has 1 fully saturated rings. The molecule has 1 aliphatic rings. The molecule has 1 nitrogen and oxygen atoms in total. The molecule has 2 heteroatoms. The van der Waals surface area contributed by atoms with Crippen LogP contribution in [-0.4, -0.2) is 19.0 Å². The molecular weight excluding hydrogens is 194 g/mol. The van der Waals surface area contributed by atoms with Gasteiger partial charge >= 0.3 is 0 Å². The van der Waals surface area contributed by atoms with E-state index in [1.807, 2.05) is 0 Å². The van der Waals surface area contributed by atoms with Crippen molar-refractivity contribution in [3.63, 3.8) is 0 Å². The Morgan fingerprint density at radius 2 is 2.07 bits per heavy atom. The summed E-state index contributed by atoms with van der Waals surface area (Å²) in [4.78, 5) is 0. The number of rotatable bonds is 7. The van der Waals surface area contributed by atoms with E-state index in [0.717, 1.165) is 11.8 Å². The standard InChI is InChI=1S/C12H24ClN/c1-11(9-13)5-4-8-14-10-12-6-2-3-7-12/h11-12,14H,2-10H2,1H3. The van der Waals surface area contributed by atoms with Crippen molar-refractivity contribution in [3.05, 3.63) is 0 Å². The molecule has 1 rings (SSSR count). The molecule has 1 N–H and O–H groups in total. The predicted molar refractivity (Wildman–Crippen MR) is 63.9 cm³/mol. The van der Waals surface area contributed by atoms with Gasteiger partial charge in [0.05, 0.1) is 0 Å². The Morgan fingerprint density at radius 3 is 2.71 bits per heavy atom. The lowest BCUT2D eigenvalue weighted by Crippen LogP contribution is -2.22. The fourth-order valence-corrected chi connectivity index (χ4v) is 2.33. The third-order valence-corrected chi connectivity index (χ3v) is 3.75. The van der Waals surface area contributed by atoms with Gasteiger partial charge in [-0.05, 0) is 50.6 Å². The minimum absolute atomic E-state index is 0.685. The lowest BCUT2D eigenvalue weighted by atomic mass is 10.1. The molecule has 0 aromatic carbocycles. The normalized spacial score (nSPS) is 20.1. The molecule has 0 spiro atoms. The van der Waals surface area contributed by atoms with E-state index in [1.54, 1.807) is 0 Å². The predicted octanol–water partition coefficient (Wildman–Crippen LogP) is 3.42. The molecule has 0 aromatic heterocycles. The SMILES string of the molecule is CC(CCl)CCCNCC1CCCC1. The number of hydrogen-bond acceptors (Lipinski definition) is 1. The van der Waals surface area contributed by atoms with Gasteiger partial charge in [0.1, 0.15) is 0 Å². The molecule has 1 unspecified atom stereocenters. The van der Waals surface area contributed by atoms with Crippen LogP contribution in [0, 0.1) is 11.8 Å². The van der Waals surface area contributed by atoms with Crippen LogP contribution in [0.15, 0.2) is 0 Å². The Kier molecular flexibility index (Phi) is 6.63. The van der Waals surface area contributed by atoms with Crippen LogP contribution in [0.3, 0.4) is 0 Å². The maximum absolute atomic E-state index is 5.75. The second-order valence-electron chi connectivity index (χ2n) is 4.76. The van der Waals surface area contributed by atoms with E-state index in [9.17, 15) is 0 Å². The highest BCUT2D eigenvalue weighted by molar-refractivity contribution is 6.18. The summed E-state index contributed by atoms with van der Waals surface area (Å²) in [6, 6.07) is 0. The van der Waals surface area contributed by atoms with Crippen LogP contribution in [0.2, 0.25) is 0 Å². The van der Waals surface area contributed by atoms with Gasteiger partial charge in [0.15, 0.2) is 0 Å². The molecule has 0 saturated heterocycles. The molecule has 0 heterocycles. The average molecular weight is 218 g/mol. The van der Waals surface area contributed by atoms with Gasteiger partial charge in [-0.15, -0.1) is 11.6 Å². The van der Waals surface area contributed by atoms with E-state index in [2.05, 4.69) is 12.2 Å². The van der Waals surface area contributed by atoms with Crippen molar-refractivity contribution in [2.75, 3.05) is 19.0 Å². The maximum Gasteiger partial charge on any atom is 0.0249 e. The molecule has 0 amide bonds. The van der Waals surface area contributed by atoms with E-state index >= 15 is 0 Å². The first kappa shape index (κ1) is 12.3. The summed E-state index contributed by atoms with van der Waals surface area (Å²) >= 11 is 5.75. The van der Waals surface area contributed by atoms with Gasteiger partial charge in [-0.2, -0.15) is 0 Å². The molecule has 1 aliphatic carbocycles. The van der Waals surface area contributed by atoms with Gasteiger partial charge in [0.25, 0.3) is 0 Å². The van der Waals surface area contributed by atoms with Gasteiger partial charge in [0, 0.05) is 5.88 Å². The Labute approximate surface area is 93.6 Å². The van der Waals surface area contributed by atoms with Crippen LogP contribution >= 0.6 is 11.6 Å². The van der Waals surface area contributed by atoms with Gasteiger partial charge in [0.2, 0.25) is 0 Å². The Balaban J connectivity index is 1.84. The van der Waals surface area contributed by atoms with Gasteiger partial charge in [-0.25, -0.2) is 0 Å². The first-order valence-electron chi connectivity index (χ1n) is 6.09. The largest absolute Gasteiger partial charge is 0.316 e. The fourth-order valence-electron chi connectivity index (χ4n) is 2.17. The van der Waals surface area contributed by atoms with Crippen LogP contribution in [-0.2, 0) is 0 Å². The third-order valence-electron chi connectivity index (χ3n) is 3.22. The van der Waals surface area contributed by atoms with E-state index < -0.39 is 0 Å². The highest BCUT2D eigenvalue weighted by Crippen LogP contribution is 2.23. The molecule has 0 bridgehead atoms. The van der Waals surface area contributed by atoms with Crippen LogP contribution in [0.25, 0.3) is 0 Å². The van der Waals surface area contributed by atoms with Crippen molar-refractivity contribution in [3.8, 4) is 0 Å². The topological polar surface area (TPSA) is 12.0 Å². The van der Waals surface area contributed by atoms with E-state index in [1.165, 1.54) is 51.6 Å². The summed E-state index contributed by atoms with van der Waals surface area (Å²) < 4.78 is 0. The Bertz CT molecular complexity index is 132. The first-order chi connectivity index (χ1) is 6.83. The zero-order chi connectivity index (χ0) is 10.2. The Hall–Kier alpha value is 0.250.